The van der Waals surface area contributed by atoms with Crippen molar-refractivity contribution in [3.05, 3.63) is 65.7 Å². The summed E-state index contributed by atoms with van der Waals surface area (Å²) in [7, 11) is 4.05. The maximum Gasteiger partial charge on any atom is 0.138 e. The number of fused-ring (bicyclic) bond motifs is 1. The van der Waals surface area contributed by atoms with E-state index in [4.69, 9.17) is 4.98 Å². The number of nitriles is 1. The summed E-state index contributed by atoms with van der Waals surface area (Å²) in [5.74, 6) is 0. The second-order valence-electron chi connectivity index (χ2n) is 5.96. The van der Waals surface area contributed by atoms with Gasteiger partial charge in [0.05, 0.1) is 22.0 Å². The SMILES string of the molecule is CN(C)c1ccc2nc(-c3ccccc3)c(-c3ccc(C#N)s3)n2c1. The number of nitrogens with zero attached hydrogens (tertiary/aromatic N) is 4. The number of anilines is 1. The third-order valence-corrected chi connectivity index (χ3v) is 5.11. The van der Waals surface area contributed by atoms with E-state index in [9.17, 15) is 5.26 Å². The second kappa shape index (κ2) is 6.08. The van der Waals surface area contributed by atoms with Crippen molar-refractivity contribution in [1.29, 1.82) is 5.26 Å². The first-order valence-electron chi connectivity index (χ1n) is 7.92. The van der Waals surface area contributed by atoms with Gasteiger partial charge in [0.1, 0.15) is 16.6 Å². The Morgan fingerprint density at radius 1 is 1.04 bits per heavy atom. The Labute approximate surface area is 150 Å². The van der Waals surface area contributed by atoms with Gasteiger partial charge in [0.2, 0.25) is 0 Å². The first-order valence-corrected chi connectivity index (χ1v) is 8.74. The number of imidazole rings is 1. The van der Waals surface area contributed by atoms with E-state index in [1.165, 1.54) is 11.3 Å². The van der Waals surface area contributed by atoms with E-state index < -0.39 is 0 Å². The highest BCUT2D eigenvalue weighted by Crippen LogP contribution is 2.37. The quantitative estimate of drug-likeness (QED) is 0.542. The summed E-state index contributed by atoms with van der Waals surface area (Å²) in [6.45, 7) is 0. The van der Waals surface area contributed by atoms with Crippen LogP contribution >= 0.6 is 11.3 Å². The zero-order valence-corrected chi connectivity index (χ0v) is 14.8. The third-order valence-electron chi connectivity index (χ3n) is 4.12. The lowest BCUT2D eigenvalue weighted by atomic mass is 10.1. The van der Waals surface area contributed by atoms with Crippen molar-refractivity contribution < 1.29 is 0 Å². The first kappa shape index (κ1) is 15.4. The van der Waals surface area contributed by atoms with Gasteiger partial charge in [-0.1, -0.05) is 30.3 Å². The average molecular weight is 344 g/mol. The number of hydrogen-bond acceptors (Lipinski definition) is 4. The average Bonchev–Trinajstić information content (AvgIpc) is 3.25. The van der Waals surface area contributed by atoms with Crippen molar-refractivity contribution in [2.45, 2.75) is 0 Å². The number of hydrogen-bond donors (Lipinski definition) is 0. The Balaban J connectivity index is 2.04. The van der Waals surface area contributed by atoms with Crippen molar-refractivity contribution >= 4 is 22.7 Å². The lowest BCUT2D eigenvalue weighted by Gasteiger charge is -2.13. The summed E-state index contributed by atoms with van der Waals surface area (Å²) in [5.41, 5.74) is 5.02. The predicted molar refractivity (Wildman–Crippen MR) is 103 cm³/mol. The van der Waals surface area contributed by atoms with Crippen LogP contribution in [0.3, 0.4) is 0 Å². The van der Waals surface area contributed by atoms with Crippen molar-refractivity contribution in [1.82, 2.24) is 9.38 Å². The summed E-state index contributed by atoms with van der Waals surface area (Å²) >= 11 is 1.49. The third kappa shape index (κ3) is 2.67. The van der Waals surface area contributed by atoms with Gasteiger partial charge in [0, 0.05) is 25.9 Å². The van der Waals surface area contributed by atoms with Gasteiger partial charge in [-0.3, -0.25) is 4.40 Å². The first-order chi connectivity index (χ1) is 12.2. The largest absolute Gasteiger partial charge is 0.376 e. The molecule has 0 atom stereocenters. The normalized spacial score (nSPS) is 10.8. The van der Waals surface area contributed by atoms with Crippen LogP contribution in [0.5, 0.6) is 0 Å². The van der Waals surface area contributed by atoms with Crippen molar-refractivity contribution in [3.63, 3.8) is 0 Å². The molecule has 4 aromatic rings. The molecule has 0 bridgehead atoms. The summed E-state index contributed by atoms with van der Waals surface area (Å²) in [4.78, 5) is 8.68. The highest BCUT2D eigenvalue weighted by atomic mass is 32.1. The fourth-order valence-electron chi connectivity index (χ4n) is 2.86. The predicted octanol–water partition coefficient (Wildman–Crippen LogP) is 4.67. The molecule has 0 aliphatic rings. The van der Waals surface area contributed by atoms with Crippen LogP contribution in [0.4, 0.5) is 5.69 Å². The molecule has 122 valence electrons. The molecule has 0 spiro atoms. The molecule has 0 unspecified atom stereocenters. The minimum atomic E-state index is 0.702. The van der Waals surface area contributed by atoms with Gasteiger partial charge in [-0.2, -0.15) is 5.26 Å². The second-order valence-corrected chi connectivity index (χ2v) is 7.04. The van der Waals surface area contributed by atoms with E-state index in [1.54, 1.807) is 0 Å². The fraction of sp³-hybridized carbons (Fsp3) is 0.100. The van der Waals surface area contributed by atoms with Crippen LogP contribution in [0, 0.1) is 11.3 Å². The highest BCUT2D eigenvalue weighted by molar-refractivity contribution is 7.16. The Hall–Kier alpha value is -3.10. The van der Waals surface area contributed by atoms with E-state index in [2.05, 4.69) is 39.8 Å². The van der Waals surface area contributed by atoms with Gasteiger partial charge in [-0.25, -0.2) is 4.98 Å². The summed E-state index contributed by atoms with van der Waals surface area (Å²) in [5, 5.41) is 9.20. The molecule has 3 aromatic heterocycles. The minimum Gasteiger partial charge on any atom is -0.376 e. The number of benzene rings is 1. The van der Waals surface area contributed by atoms with E-state index in [0.29, 0.717) is 4.88 Å². The lowest BCUT2D eigenvalue weighted by Crippen LogP contribution is -2.09. The van der Waals surface area contributed by atoms with Crippen LogP contribution in [-0.2, 0) is 0 Å². The van der Waals surface area contributed by atoms with Crippen LogP contribution < -0.4 is 4.90 Å². The monoisotopic (exact) mass is 344 g/mol. The Kier molecular flexibility index (Phi) is 3.75. The molecule has 0 aliphatic carbocycles. The molecule has 0 aliphatic heterocycles. The van der Waals surface area contributed by atoms with Crippen LogP contribution in [0.1, 0.15) is 4.88 Å². The zero-order chi connectivity index (χ0) is 17.4. The van der Waals surface area contributed by atoms with Gasteiger partial charge in [-0.05, 0) is 24.3 Å². The topological polar surface area (TPSA) is 44.3 Å². The molecule has 25 heavy (non-hydrogen) atoms. The van der Waals surface area contributed by atoms with Gasteiger partial charge >= 0.3 is 0 Å². The summed E-state index contributed by atoms with van der Waals surface area (Å²) < 4.78 is 2.12. The molecule has 0 saturated carbocycles. The number of pyridine rings is 1. The smallest absolute Gasteiger partial charge is 0.138 e. The van der Waals surface area contributed by atoms with Gasteiger partial charge in [0.15, 0.2) is 0 Å². The molecule has 3 heterocycles. The van der Waals surface area contributed by atoms with Crippen molar-refractivity contribution in [2.75, 3.05) is 19.0 Å². The number of thiophene rings is 1. The van der Waals surface area contributed by atoms with Crippen LogP contribution in [0.2, 0.25) is 0 Å². The molecular weight excluding hydrogens is 328 g/mol. The zero-order valence-electron chi connectivity index (χ0n) is 14.0. The van der Waals surface area contributed by atoms with Gasteiger partial charge in [0.25, 0.3) is 0 Å². The van der Waals surface area contributed by atoms with Crippen molar-refractivity contribution in [2.24, 2.45) is 0 Å². The molecule has 4 nitrogen and oxygen atoms in total. The lowest BCUT2D eigenvalue weighted by molar-refractivity contribution is 1.09. The van der Waals surface area contributed by atoms with Gasteiger partial charge in [-0.15, -0.1) is 11.3 Å². The van der Waals surface area contributed by atoms with Crippen LogP contribution in [0.25, 0.3) is 27.5 Å². The highest BCUT2D eigenvalue weighted by Gasteiger charge is 2.18. The fourth-order valence-corrected chi connectivity index (χ4v) is 3.70. The molecule has 0 N–H and O–H groups in total. The standard InChI is InChI=1S/C20H16N4S/c1-23(2)15-8-11-18-22-19(14-6-4-3-5-7-14)20(24(18)13-15)17-10-9-16(12-21)25-17/h3-11,13H,1-2H3. The van der Waals surface area contributed by atoms with E-state index in [0.717, 1.165) is 33.2 Å². The molecule has 0 fully saturated rings. The summed E-state index contributed by atoms with van der Waals surface area (Å²) in [6, 6.07) is 20.4. The minimum absolute atomic E-state index is 0.702. The summed E-state index contributed by atoms with van der Waals surface area (Å²) in [6.07, 6.45) is 2.09. The maximum absolute atomic E-state index is 9.20. The van der Waals surface area contributed by atoms with E-state index in [1.807, 2.05) is 50.5 Å². The van der Waals surface area contributed by atoms with E-state index >= 15 is 0 Å². The molecule has 0 amide bonds. The molecule has 5 heteroatoms. The Morgan fingerprint density at radius 2 is 1.84 bits per heavy atom. The Bertz CT molecular complexity index is 1080. The molecule has 1 aromatic carbocycles. The maximum atomic E-state index is 9.20. The Morgan fingerprint density at radius 3 is 2.52 bits per heavy atom. The molecular formula is C20H16N4S. The van der Waals surface area contributed by atoms with Crippen LogP contribution in [0.15, 0.2) is 60.8 Å². The molecule has 4 rings (SSSR count). The number of rotatable bonds is 3. The van der Waals surface area contributed by atoms with Gasteiger partial charge < -0.3 is 4.90 Å². The number of aromatic nitrogens is 2. The molecule has 0 radical (unpaired) electrons. The molecule has 0 saturated heterocycles. The van der Waals surface area contributed by atoms with Crippen molar-refractivity contribution in [3.8, 4) is 27.9 Å². The van der Waals surface area contributed by atoms with E-state index in [-0.39, 0.29) is 0 Å². The van der Waals surface area contributed by atoms with Crippen LogP contribution in [-0.4, -0.2) is 23.5 Å².